The predicted molar refractivity (Wildman–Crippen MR) is 97.9 cm³/mol. The molecule has 0 spiro atoms. The van der Waals surface area contributed by atoms with E-state index in [1.807, 2.05) is 36.4 Å². The summed E-state index contributed by atoms with van der Waals surface area (Å²) >= 11 is 0. The summed E-state index contributed by atoms with van der Waals surface area (Å²) in [6.07, 6.45) is 3.41. The molecule has 25 heavy (non-hydrogen) atoms. The average molecular weight is 335 g/mol. The Morgan fingerprint density at radius 3 is 2.36 bits per heavy atom. The molecule has 1 N–H and O–H groups in total. The first-order valence-electron chi connectivity index (χ1n) is 8.79. The maximum atomic E-state index is 12.8. The third kappa shape index (κ3) is 2.94. The van der Waals surface area contributed by atoms with Crippen molar-refractivity contribution in [2.45, 2.75) is 25.3 Å². The topological polar surface area (TPSA) is 53.7 Å². The van der Waals surface area contributed by atoms with E-state index in [-0.39, 0.29) is 11.8 Å². The lowest BCUT2D eigenvalue weighted by Gasteiger charge is -2.34. The molecule has 3 aromatic rings. The van der Waals surface area contributed by atoms with Gasteiger partial charge in [0, 0.05) is 0 Å². The molecule has 1 atom stereocenters. The molecule has 1 saturated heterocycles. The SMILES string of the molecule is O=c1oc2ccccc2c(O)c1C(c1ccccc1)N1CCCCC1. The van der Waals surface area contributed by atoms with E-state index in [0.29, 0.717) is 16.5 Å². The van der Waals surface area contributed by atoms with E-state index in [1.54, 1.807) is 18.2 Å². The van der Waals surface area contributed by atoms with Crippen molar-refractivity contribution in [3.8, 4) is 5.75 Å². The van der Waals surface area contributed by atoms with E-state index in [9.17, 15) is 9.90 Å². The molecule has 0 bridgehead atoms. The fraction of sp³-hybridized carbons (Fsp3) is 0.286. The van der Waals surface area contributed by atoms with Gasteiger partial charge in [0.1, 0.15) is 16.9 Å². The van der Waals surface area contributed by atoms with Crippen LogP contribution in [0.5, 0.6) is 5.75 Å². The molecule has 128 valence electrons. The first kappa shape index (κ1) is 15.9. The van der Waals surface area contributed by atoms with Crippen LogP contribution in [-0.4, -0.2) is 23.1 Å². The highest BCUT2D eigenvalue weighted by molar-refractivity contribution is 5.84. The molecule has 2 aromatic carbocycles. The molecule has 4 rings (SSSR count). The Labute approximate surface area is 146 Å². The summed E-state index contributed by atoms with van der Waals surface area (Å²) in [5.74, 6) is 0.0336. The zero-order valence-electron chi connectivity index (χ0n) is 14.0. The van der Waals surface area contributed by atoms with Crippen LogP contribution in [0.1, 0.15) is 36.4 Å². The Balaban J connectivity index is 1.93. The summed E-state index contributed by atoms with van der Waals surface area (Å²) in [5, 5.41) is 11.5. The van der Waals surface area contributed by atoms with Crippen molar-refractivity contribution < 1.29 is 9.52 Å². The molecule has 0 saturated carbocycles. The lowest BCUT2D eigenvalue weighted by atomic mass is 9.94. The van der Waals surface area contributed by atoms with Crippen LogP contribution in [0.3, 0.4) is 0 Å². The molecule has 4 heteroatoms. The molecule has 1 aromatic heterocycles. The Kier molecular flexibility index (Phi) is 4.28. The third-order valence-electron chi connectivity index (χ3n) is 4.96. The zero-order chi connectivity index (χ0) is 17.2. The van der Waals surface area contributed by atoms with Gasteiger partial charge in [0.25, 0.3) is 0 Å². The van der Waals surface area contributed by atoms with Crippen molar-refractivity contribution in [3.05, 3.63) is 76.1 Å². The second-order valence-electron chi connectivity index (χ2n) is 6.56. The second-order valence-corrected chi connectivity index (χ2v) is 6.56. The van der Waals surface area contributed by atoms with E-state index < -0.39 is 5.63 Å². The normalized spacial score (nSPS) is 16.8. The van der Waals surface area contributed by atoms with E-state index in [1.165, 1.54) is 6.42 Å². The molecule has 1 aliphatic heterocycles. The molecule has 1 unspecified atom stereocenters. The summed E-state index contributed by atoms with van der Waals surface area (Å²) in [5.41, 5.74) is 1.30. The van der Waals surface area contributed by atoms with Gasteiger partial charge in [-0.05, 0) is 43.6 Å². The summed E-state index contributed by atoms with van der Waals surface area (Å²) in [7, 11) is 0. The van der Waals surface area contributed by atoms with Crippen molar-refractivity contribution in [2.24, 2.45) is 0 Å². The third-order valence-corrected chi connectivity index (χ3v) is 4.96. The van der Waals surface area contributed by atoms with Gasteiger partial charge in [-0.25, -0.2) is 4.79 Å². The van der Waals surface area contributed by atoms with Crippen LogP contribution in [0.4, 0.5) is 0 Å². The monoisotopic (exact) mass is 335 g/mol. The highest BCUT2D eigenvalue weighted by Crippen LogP contribution is 2.37. The van der Waals surface area contributed by atoms with Crippen LogP contribution in [0.25, 0.3) is 11.0 Å². The number of hydrogen-bond donors (Lipinski definition) is 1. The van der Waals surface area contributed by atoms with E-state index in [2.05, 4.69) is 4.90 Å². The fourth-order valence-electron chi connectivity index (χ4n) is 3.76. The van der Waals surface area contributed by atoms with Crippen LogP contribution < -0.4 is 5.63 Å². The minimum absolute atomic E-state index is 0.0336. The van der Waals surface area contributed by atoms with Crippen molar-refractivity contribution in [1.29, 1.82) is 0 Å². The fourth-order valence-corrected chi connectivity index (χ4v) is 3.76. The molecular formula is C21H21NO3. The van der Waals surface area contributed by atoms with Gasteiger partial charge >= 0.3 is 5.63 Å². The maximum absolute atomic E-state index is 12.8. The minimum Gasteiger partial charge on any atom is -0.507 e. The van der Waals surface area contributed by atoms with Crippen LogP contribution >= 0.6 is 0 Å². The molecule has 1 fully saturated rings. The lowest BCUT2D eigenvalue weighted by molar-refractivity contribution is 0.182. The summed E-state index contributed by atoms with van der Waals surface area (Å²) < 4.78 is 5.52. The van der Waals surface area contributed by atoms with Crippen molar-refractivity contribution in [2.75, 3.05) is 13.1 Å². The van der Waals surface area contributed by atoms with Crippen LogP contribution in [0.2, 0.25) is 0 Å². The van der Waals surface area contributed by atoms with Crippen molar-refractivity contribution in [3.63, 3.8) is 0 Å². The number of para-hydroxylation sites is 1. The van der Waals surface area contributed by atoms with E-state index in [0.717, 1.165) is 31.5 Å². The maximum Gasteiger partial charge on any atom is 0.345 e. The largest absolute Gasteiger partial charge is 0.507 e. The summed E-state index contributed by atoms with van der Waals surface area (Å²) in [4.78, 5) is 15.0. The predicted octanol–water partition coefficient (Wildman–Crippen LogP) is 4.07. The van der Waals surface area contributed by atoms with Crippen molar-refractivity contribution >= 4 is 11.0 Å². The molecule has 2 heterocycles. The highest BCUT2D eigenvalue weighted by atomic mass is 16.4. The number of aromatic hydroxyl groups is 1. The van der Waals surface area contributed by atoms with Crippen molar-refractivity contribution in [1.82, 2.24) is 4.90 Å². The Hall–Kier alpha value is -2.59. The van der Waals surface area contributed by atoms with E-state index >= 15 is 0 Å². The highest BCUT2D eigenvalue weighted by Gasteiger charge is 2.30. The second kappa shape index (κ2) is 6.73. The molecule has 4 nitrogen and oxygen atoms in total. The number of piperidine rings is 1. The summed E-state index contributed by atoms with van der Waals surface area (Å²) in [6.45, 7) is 1.82. The molecule has 0 radical (unpaired) electrons. The van der Waals surface area contributed by atoms with Gasteiger partial charge in [0.05, 0.1) is 11.4 Å². The number of nitrogens with zero attached hydrogens (tertiary/aromatic N) is 1. The molecule has 1 aliphatic rings. The quantitative estimate of drug-likeness (QED) is 0.733. The molecule has 0 aliphatic carbocycles. The van der Waals surface area contributed by atoms with Gasteiger partial charge in [-0.15, -0.1) is 0 Å². The Morgan fingerprint density at radius 2 is 1.60 bits per heavy atom. The van der Waals surface area contributed by atoms with Crippen LogP contribution in [-0.2, 0) is 0 Å². The van der Waals surface area contributed by atoms with Crippen LogP contribution in [0, 0.1) is 0 Å². The number of hydrogen-bond acceptors (Lipinski definition) is 4. The zero-order valence-corrected chi connectivity index (χ0v) is 14.0. The number of fused-ring (bicyclic) bond motifs is 1. The molecular weight excluding hydrogens is 314 g/mol. The van der Waals surface area contributed by atoms with Gasteiger partial charge < -0.3 is 9.52 Å². The minimum atomic E-state index is -0.462. The van der Waals surface area contributed by atoms with Gasteiger partial charge in [0.15, 0.2) is 0 Å². The average Bonchev–Trinajstić information content (AvgIpc) is 2.66. The number of rotatable bonds is 3. The van der Waals surface area contributed by atoms with Crippen LogP contribution in [0.15, 0.2) is 63.8 Å². The van der Waals surface area contributed by atoms with Gasteiger partial charge in [-0.2, -0.15) is 0 Å². The first-order valence-corrected chi connectivity index (χ1v) is 8.79. The summed E-state index contributed by atoms with van der Waals surface area (Å²) in [6, 6.07) is 16.7. The number of benzene rings is 2. The van der Waals surface area contributed by atoms with E-state index in [4.69, 9.17) is 4.42 Å². The standard InChI is InChI=1S/C21H21NO3/c23-20-16-11-5-6-12-17(16)25-21(24)18(20)19(15-9-3-1-4-10-15)22-13-7-2-8-14-22/h1,3-6,9-12,19,23H,2,7-8,13-14H2. The smallest absolute Gasteiger partial charge is 0.345 e. The molecule has 0 amide bonds. The lowest BCUT2D eigenvalue weighted by Crippen LogP contribution is -2.36. The van der Waals surface area contributed by atoms with Gasteiger partial charge in [0.2, 0.25) is 0 Å². The van der Waals surface area contributed by atoms with Gasteiger partial charge in [-0.3, -0.25) is 4.90 Å². The first-order chi connectivity index (χ1) is 12.3. The van der Waals surface area contributed by atoms with Gasteiger partial charge in [-0.1, -0.05) is 48.9 Å². The Bertz CT molecular complexity index is 927. The Morgan fingerprint density at radius 1 is 0.920 bits per heavy atom. The number of likely N-dealkylation sites (tertiary alicyclic amines) is 1.